The van der Waals surface area contributed by atoms with Crippen LogP contribution in [0.1, 0.15) is 48.3 Å². The Morgan fingerprint density at radius 2 is 1.77 bits per heavy atom. The maximum absolute atomic E-state index is 13.2. The first-order chi connectivity index (χ1) is 14.9. The number of halogens is 1. The highest BCUT2D eigenvalue weighted by atomic mass is 19.1. The number of aryl methyl sites for hydroxylation is 2. The fourth-order valence-electron chi connectivity index (χ4n) is 4.55. The van der Waals surface area contributed by atoms with E-state index < -0.39 is 0 Å². The van der Waals surface area contributed by atoms with Crippen LogP contribution in [0.15, 0.2) is 72.5 Å². The summed E-state index contributed by atoms with van der Waals surface area (Å²) >= 11 is 0. The number of piperidine rings is 1. The Morgan fingerprint density at radius 3 is 2.45 bits per heavy atom. The zero-order valence-electron chi connectivity index (χ0n) is 18.6. The number of allylic oxidation sites excluding steroid dienone is 4. The highest BCUT2D eigenvalue weighted by Gasteiger charge is 2.36. The third kappa shape index (κ3) is 5.38. The van der Waals surface area contributed by atoms with Crippen LogP contribution < -0.4 is 0 Å². The van der Waals surface area contributed by atoms with Gasteiger partial charge in [-0.2, -0.15) is 0 Å². The van der Waals surface area contributed by atoms with E-state index in [1.54, 1.807) is 6.07 Å². The van der Waals surface area contributed by atoms with Crippen LogP contribution in [0.5, 0.6) is 0 Å². The third-order valence-corrected chi connectivity index (χ3v) is 6.17. The predicted molar refractivity (Wildman–Crippen MR) is 123 cm³/mol. The summed E-state index contributed by atoms with van der Waals surface area (Å²) in [4.78, 5) is 6.59. The summed E-state index contributed by atoms with van der Waals surface area (Å²) in [6, 6.07) is 9.93. The van der Waals surface area contributed by atoms with Crippen molar-refractivity contribution in [1.82, 2.24) is 9.88 Å². The van der Waals surface area contributed by atoms with Crippen molar-refractivity contribution >= 4 is 0 Å². The molecule has 0 bridgehead atoms. The molecule has 162 valence electrons. The van der Waals surface area contributed by atoms with Crippen molar-refractivity contribution in [3.8, 4) is 0 Å². The molecule has 2 aliphatic heterocycles. The minimum absolute atomic E-state index is 0.0729. The van der Waals surface area contributed by atoms with Crippen molar-refractivity contribution in [2.75, 3.05) is 13.1 Å². The van der Waals surface area contributed by atoms with Crippen LogP contribution in [0.3, 0.4) is 0 Å². The van der Waals surface area contributed by atoms with Gasteiger partial charge in [0.05, 0.1) is 17.5 Å². The van der Waals surface area contributed by atoms with E-state index in [4.69, 9.17) is 4.74 Å². The number of pyridine rings is 1. The molecule has 0 aliphatic carbocycles. The standard InChI is InChI=1S/C27H31FN2O/c1-20-15-21(2)17-23(16-20)26-22(3)7-5-4-6-10-27(31-26)11-13-30(14-12-27)19-25-9-8-24(28)18-29-25/h4-10,15-18,26H,11-14,19H2,1-3H3/b5-4-,10-6+,22-7+. The first kappa shape index (κ1) is 21.7. The van der Waals surface area contributed by atoms with Gasteiger partial charge in [-0.05, 0) is 56.9 Å². The predicted octanol–water partition coefficient (Wildman–Crippen LogP) is 6.00. The largest absolute Gasteiger partial charge is 0.358 e. The average Bonchev–Trinajstić information content (AvgIpc) is 2.81. The Balaban J connectivity index is 1.54. The van der Waals surface area contributed by atoms with Gasteiger partial charge in [0.15, 0.2) is 0 Å². The topological polar surface area (TPSA) is 25.4 Å². The van der Waals surface area contributed by atoms with Crippen molar-refractivity contribution < 1.29 is 9.13 Å². The van der Waals surface area contributed by atoms with Crippen LogP contribution >= 0.6 is 0 Å². The number of benzene rings is 1. The lowest BCUT2D eigenvalue weighted by Crippen LogP contribution is -2.45. The molecular weight excluding hydrogens is 387 g/mol. The number of hydrogen-bond acceptors (Lipinski definition) is 3. The fraction of sp³-hybridized carbons (Fsp3) is 0.370. The lowest BCUT2D eigenvalue weighted by atomic mass is 9.89. The molecule has 4 rings (SSSR count). The van der Waals surface area contributed by atoms with E-state index in [1.807, 2.05) is 0 Å². The van der Waals surface area contributed by atoms with Gasteiger partial charge in [-0.25, -0.2) is 4.39 Å². The quantitative estimate of drug-likeness (QED) is 0.611. The van der Waals surface area contributed by atoms with E-state index in [1.165, 1.54) is 34.5 Å². The maximum Gasteiger partial charge on any atom is 0.141 e. The fourth-order valence-corrected chi connectivity index (χ4v) is 4.55. The second-order valence-electron chi connectivity index (χ2n) is 8.88. The normalized spacial score (nSPS) is 25.2. The molecule has 1 aromatic carbocycles. The molecule has 3 nitrogen and oxygen atoms in total. The number of likely N-dealkylation sites (tertiary alicyclic amines) is 1. The minimum atomic E-state index is -0.307. The monoisotopic (exact) mass is 418 g/mol. The molecule has 0 amide bonds. The molecule has 0 N–H and O–H groups in total. The number of nitrogens with zero attached hydrogens (tertiary/aromatic N) is 2. The van der Waals surface area contributed by atoms with Gasteiger partial charge in [-0.15, -0.1) is 0 Å². The molecule has 4 heteroatoms. The smallest absolute Gasteiger partial charge is 0.141 e. The Hall–Kier alpha value is -2.56. The van der Waals surface area contributed by atoms with Crippen LogP contribution in [-0.2, 0) is 11.3 Å². The zero-order valence-corrected chi connectivity index (χ0v) is 18.6. The van der Waals surface area contributed by atoms with Crippen molar-refractivity contribution in [2.45, 2.75) is 51.9 Å². The maximum atomic E-state index is 13.2. The van der Waals surface area contributed by atoms with Gasteiger partial charge < -0.3 is 4.74 Å². The molecule has 2 aromatic rings. The molecule has 1 atom stereocenters. The van der Waals surface area contributed by atoms with E-state index in [2.05, 4.69) is 79.2 Å². The molecule has 1 fully saturated rings. The Bertz CT molecular complexity index is 978. The molecule has 1 unspecified atom stereocenters. The van der Waals surface area contributed by atoms with E-state index in [-0.39, 0.29) is 17.5 Å². The molecule has 1 saturated heterocycles. The molecule has 1 spiro atoms. The summed E-state index contributed by atoms with van der Waals surface area (Å²) in [5, 5.41) is 0. The highest BCUT2D eigenvalue weighted by molar-refractivity contribution is 5.35. The second kappa shape index (κ2) is 9.29. The van der Waals surface area contributed by atoms with E-state index in [0.717, 1.165) is 38.2 Å². The summed E-state index contributed by atoms with van der Waals surface area (Å²) in [6.07, 6.45) is 13.7. The Morgan fingerprint density at radius 1 is 1.03 bits per heavy atom. The SMILES string of the molecule is C\C1=C/C=C\C=C\C2(CCN(Cc3ccc(F)cn3)CC2)OC1c1cc(C)cc(C)c1. The van der Waals surface area contributed by atoms with Crippen LogP contribution in [0.2, 0.25) is 0 Å². The molecule has 0 radical (unpaired) electrons. The lowest BCUT2D eigenvalue weighted by Gasteiger charge is -2.42. The van der Waals surface area contributed by atoms with Gasteiger partial charge in [-0.3, -0.25) is 9.88 Å². The van der Waals surface area contributed by atoms with Gasteiger partial charge in [0.25, 0.3) is 0 Å². The first-order valence-electron chi connectivity index (χ1n) is 11.0. The van der Waals surface area contributed by atoms with Gasteiger partial charge in [-0.1, -0.05) is 59.7 Å². The first-order valence-corrected chi connectivity index (χ1v) is 11.0. The van der Waals surface area contributed by atoms with Gasteiger partial charge in [0, 0.05) is 19.6 Å². The summed E-state index contributed by atoms with van der Waals surface area (Å²) in [5.41, 5.74) is 5.53. The third-order valence-electron chi connectivity index (χ3n) is 6.17. The molecular formula is C27H31FN2O. The van der Waals surface area contributed by atoms with Crippen molar-refractivity contribution in [3.05, 3.63) is 101 Å². The van der Waals surface area contributed by atoms with E-state index in [9.17, 15) is 4.39 Å². The number of aromatic nitrogens is 1. The molecule has 3 heterocycles. The summed E-state index contributed by atoms with van der Waals surface area (Å²) in [5.74, 6) is -0.292. The zero-order chi connectivity index (χ0) is 21.8. The van der Waals surface area contributed by atoms with E-state index >= 15 is 0 Å². The number of rotatable bonds is 3. The Kier molecular flexibility index (Phi) is 6.49. The molecule has 31 heavy (non-hydrogen) atoms. The van der Waals surface area contributed by atoms with Gasteiger partial charge >= 0.3 is 0 Å². The van der Waals surface area contributed by atoms with Crippen LogP contribution in [0.25, 0.3) is 0 Å². The van der Waals surface area contributed by atoms with Gasteiger partial charge in [0.2, 0.25) is 0 Å². The minimum Gasteiger partial charge on any atom is -0.358 e. The molecule has 2 aliphatic rings. The van der Waals surface area contributed by atoms with Crippen LogP contribution in [0, 0.1) is 19.7 Å². The van der Waals surface area contributed by atoms with Gasteiger partial charge in [0.1, 0.15) is 11.9 Å². The van der Waals surface area contributed by atoms with E-state index in [0.29, 0.717) is 0 Å². The summed E-state index contributed by atoms with van der Waals surface area (Å²) < 4.78 is 20.1. The summed E-state index contributed by atoms with van der Waals surface area (Å²) in [6.45, 7) is 9.00. The molecule has 0 saturated carbocycles. The number of hydrogen-bond donors (Lipinski definition) is 0. The summed E-state index contributed by atoms with van der Waals surface area (Å²) in [7, 11) is 0. The second-order valence-corrected chi connectivity index (χ2v) is 8.88. The Labute approximate surface area is 185 Å². The van der Waals surface area contributed by atoms with Crippen LogP contribution in [0.4, 0.5) is 4.39 Å². The van der Waals surface area contributed by atoms with Crippen molar-refractivity contribution in [3.63, 3.8) is 0 Å². The molecule has 1 aromatic heterocycles. The lowest BCUT2D eigenvalue weighted by molar-refractivity contribution is -0.0832. The number of ether oxygens (including phenoxy) is 1. The van der Waals surface area contributed by atoms with Crippen molar-refractivity contribution in [1.29, 1.82) is 0 Å². The van der Waals surface area contributed by atoms with Crippen LogP contribution in [-0.4, -0.2) is 28.6 Å². The highest BCUT2D eigenvalue weighted by Crippen LogP contribution is 2.38. The average molecular weight is 419 g/mol. The van der Waals surface area contributed by atoms with Crippen molar-refractivity contribution in [2.24, 2.45) is 0 Å².